The van der Waals surface area contributed by atoms with Crippen LogP contribution in [0.3, 0.4) is 0 Å². The van der Waals surface area contributed by atoms with Gasteiger partial charge in [-0.2, -0.15) is 0 Å². The van der Waals surface area contributed by atoms with Crippen LogP contribution >= 0.6 is 0 Å². The van der Waals surface area contributed by atoms with Crippen LogP contribution in [0.25, 0.3) is 0 Å². The van der Waals surface area contributed by atoms with E-state index in [4.69, 9.17) is 21.2 Å². The van der Waals surface area contributed by atoms with Crippen LogP contribution in [0.4, 0.5) is 0 Å². The van der Waals surface area contributed by atoms with Gasteiger partial charge in [-0.1, -0.05) is 12.8 Å². The molecule has 2 unspecified atom stereocenters. The van der Waals surface area contributed by atoms with Crippen molar-refractivity contribution < 1.29 is 21.2 Å². The van der Waals surface area contributed by atoms with E-state index < -0.39 is 34.2 Å². The van der Waals surface area contributed by atoms with E-state index in [-0.39, 0.29) is 5.60 Å². The van der Waals surface area contributed by atoms with Crippen molar-refractivity contribution >= 4 is 34.2 Å². The molecule has 24 heavy (non-hydrogen) atoms. The molecule has 0 bridgehead atoms. The molecule has 2 saturated heterocycles. The summed E-state index contributed by atoms with van der Waals surface area (Å²) >= 11 is 0. The van der Waals surface area contributed by atoms with E-state index in [1.165, 1.54) is 25.7 Å². The number of hydrogen-bond acceptors (Lipinski definition) is 5. The molecule has 2 heterocycles. The Labute approximate surface area is 151 Å². The highest BCUT2D eigenvalue weighted by Crippen LogP contribution is 2.51. The van der Waals surface area contributed by atoms with Gasteiger partial charge in [0.15, 0.2) is 0 Å². The molecule has 140 valence electrons. The van der Waals surface area contributed by atoms with E-state index in [9.17, 15) is 0 Å². The molecule has 0 spiro atoms. The maximum atomic E-state index is 6.66. The van der Waals surface area contributed by atoms with Crippen molar-refractivity contribution in [3.63, 3.8) is 0 Å². The van der Waals surface area contributed by atoms with Gasteiger partial charge in [-0.05, 0) is 71.1 Å². The van der Waals surface area contributed by atoms with Crippen LogP contribution in [0.1, 0.15) is 32.1 Å². The Bertz CT molecular complexity index is 476. The highest BCUT2D eigenvalue weighted by molar-refractivity contribution is 6.93. The molecule has 2 aliphatic heterocycles. The largest absolute Gasteiger partial charge is 0.416 e. The number of fused-ring (bicyclic) bond motifs is 1. The lowest BCUT2D eigenvalue weighted by atomic mass is 9.87. The van der Waals surface area contributed by atoms with Crippen molar-refractivity contribution in [1.82, 2.24) is 0 Å². The molecule has 3 rings (SSSR count). The summed E-state index contributed by atoms with van der Waals surface area (Å²) < 4.78 is 32.2. The number of epoxide rings is 1. The van der Waals surface area contributed by atoms with Crippen molar-refractivity contribution in [3.8, 4) is 0 Å². The van der Waals surface area contributed by atoms with Crippen LogP contribution in [0, 0.1) is 0 Å². The number of ether oxygens (including phenoxy) is 1. The van der Waals surface area contributed by atoms with E-state index in [1.54, 1.807) is 0 Å². The van der Waals surface area contributed by atoms with Crippen LogP contribution in [0.15, 0.2) is 0 Å². The highest BCUT2D eigenvalue weighted by atomic mass is 28.5. The van der Waals surface area contributed by atoms with Gasteiger partial charge in [-0.3, -0.25) is 0 Å². The molecule has 3 aliphatic rings. The Morgan fingerprint density at radius 3 is 1.88 bits per heavy atom. The van der Waals surface area contributed by atoms with Crippen LogP contribution in [0.5, 0.6) is 0 Å². The monoisotopic (exact) mass is 406 g/mol. The maximum absolute atomic E-state index is 6.66. The fraction of sp³-hybridized carbons (Fsp3) is 1.00. The van der Waals surface area contributed by atoms with Gasteiger partial charge in [0, 0.05) is 0 Å². The first-order valence-corrected chi connectivity index (χ1v) is 20.3. The first-order valence-electron chi connectivity index (χ1n) is 9.33. The van der Waals surface area contributed by atoms with Crippen molar-refractivity contribution in [2.45, 2.75) is 95.7 Å². The van der Waals surface area contributed by atoms with Crippen LogP contribution in [-0.2, 0) is 21.2 Å². The molecule has 0 aromatic carbocycles. The molecule has 0 aromatic heterocycles. The second-order valence-electron chi connectivity index (χ2n) is 9.16. The highest BCUT2D eigenvalue weighted by Gasteiger charge is 2.59. The third-order valence-corrected chi connectivity index (χ3v) is 21.5. The molecule has 2 atom stereocenters. The van der Waals surface area contributed by atoms with E-state index in [0.717, 1.165) is 12.5 Å². The summed E-state index contributed by atoms with van der Waals surface area (Å²) in [7, 11) is -9.04. The Kier molecular flexibility index (Phi) is 4.93. The average Bonchev–Trinajstić information content (AvgIpc) is 3.05. The smallest absolute Gasteiger partial charge is 0.317 e. The second-order valence-corrected chi connectivity index (χ2v) is 23.6. The molecule has 9 heteroatoms. The van der Waals surface area contributed by atoms with Gasteiger partial charge in [0.2, 0.25) is 0 Å². The standard InChI is InChI=1S/C15H34O5Si4/c1-21(2)17-22(3,4)19-24(7,20-23(5,6)18-21)13-12-15-11-9-8-10-14(15)16-15/h14H,8-13H2,1-7H3. The van der Waals surface area contributed by atoms with Crippen molar-refractivity contribution in [3.05, 3.63) is 0 Å². The first kappa shape index (κ1) is 19.4. The minimum Gasteiger partial charge on any atom is -0.416 e. The van der Waals surface area contributed by atoms with E-state index in [1.807, 2.05) is 0 Å². The lowest BCUT2D eigenvalue weighted by Crippen LogP contribution is -2.65. The van der Waals surface area contributed by atoms with E-state index >= 15 is 0 Å². The summed E-state index contributed by atoms with van der Waals surface area (Å²) in [5, 5.41) is 0. The zero-order valence-corrected chi connectivity index (χ0v) is 20.4. The van der Waals surface area contributed by atoms with E-state index in [2.05, 4.69) is 45.8 Å². The summed E-state index contributed by atoms with van der Waals surface area (Å²) in [5.41, 5.74) is 0.135. The maximum Gasteiger partial charge on any atom is 0.317 e. The molecule has 1 aliphatic carbocycles. The minimum absolute atomic E-state index is 0.135. The van der Waals surface area contributed by atoms with Gasteiger partial charge in [0.05, 0.1) is 11.7 Å². The molecule has 0 amide bonds. The van der Waals surface area contributed by atoms with Gasteiger partial charge in [0.1, 0.15) is 0 Å². The summed E-state index contributed by atoms with van der Waals surface area (Å²) in [6.07, 6.45) is 6.60. The lowest BCUT2D eigenvalue weighted by molar-refractivity contribution is 0.225. The quantitative estimate of drug-likeness (QED) is 0.515. The number of hydrogen-bond donors (Lipinski definition) is 0. The van der Waals surface area contributed by atoms with Gasteiger partial charge in [0.25, 0.3) is 0 Å². The summed E-state index contributed by atoms with van der Waals surface area (Å²) in [5.74, 6) is 0. The topological polar surface area (TPSA) is 49.5 Å². The minimum atomic E-state index is -2.34. The second kappa shape index (κ2) is 6.10. The fourth-order valence-electron chi connectivity index (χ4n) is 4.74. The predicted octanol–water partition coefficient (Wildman–Crippen LogP) is 4.35. The first-order chi connectivity index (χ1) is 10.8. The van der Waals surface area contributed by atoms with E-state index in [0.29, 0.717) is 6.10 Å². The average molecular weight is 407 g/mol. The molecule has 0 aromatic rings. The molecule has 0 N–H and O–H groups in total. The fourth-order valence-corrected chi connectivity index (χ4v) is 26.4. The molecular weight excluding hydrogens is 373 g/mol. The Morgan fingerprint density at radius 2 is 1.33 bits per heavy atom. The molecule has 5 nitrogen and oxygen atoms in total. The van der Waals surface area contributed by atoms with Crippen molar-refractivity contribution in [1.29, 1.82) is 0 Å². The lowest BCUT2D eigenvalue weighted by Gasteiger charge is -2.47. The SMILES string of the molecule is C[Si]1(C)O[Si](C)(C)O[Si](C)(CCC23CCCCC2O3)O[Si](C)(C)O1. The van der Waals surface area contributed by atoms with Gasteiger partial charge in [-0.15, -0.1) is 0 Å². The van der Waals surface area contributed by atoms with Gasteiger partial charge >= 0.3 is 34.2 Å². The summed E-state index contributed by atoms with van der Waals surface area (Å²) in [4.78, 5) is 0. The summed E-state index contributed by atoms with van der Waals surface area (Å²) in [6, 6.07) is 0.977. The van der Waals surface area contributed by atoms with Crippen LogP contribution in [0.2, 0.25) is 51.9 Å². The van der Waals surface area contributed by atoms with Crippen LogP contribution in [-0.4, -0.2) is 45.9 Å². The molecular formula is C15H34O5Si4. The van der Waals surface area contributed by atoms with Crippen molar-refractivity contribution in [2.24, 2.45) is 0 Å². The number of rotatable bonds is 3. The Hall–Kier alpha value is 0.668. The third-order valence-electron chi connectivity index (χ3n) is 5.13. The Balaban J connectivity index is 1.72. The zero-order chi connectivity index (χ0) is 17.9. The van der Waals surface area contributed by atoms with Gasteiger partial charge < -0.3 is 21.2 Å². The Morgan fingerprint density at radius 1 is 0.792 bits per heavy atom. The normalized spacial score (nSPS) is 39.4. The molecule has 1 saturated carbocycles. The molecule has 0 radical (unpaired) electrons. The van der Waals surface area contributed by atoms with Crippen LogP contribution < -0.4 is 0 Å². The predicted molar refractivity (Wildman–Crippen MR) is 104 cm³/mol. The third kappa shape index (κ3) is 4.49. The summed E-state index contributed by atoms with van der Waals surface area (Å²) in [6.45, 7) is 15.0. The van der Waals surface area contributed by atoms with Crippen molar-refractivity contribution in [2.75, 3.05) is 0 Å². The van der Waals surface area contributed by atoms with Gasteiger partial charge in [-0.25, -0.2) is 0 Å². The zero-order valence-electron chi connectivity index (χ0n) is 16.4. The molecule has 3 fully saturated rings.